The van der Waals surface area contributed by atoms with E-state index in [2.05, 4.69) is 22.4 Å². The first-order valence-corrected chi connectivity index (χ1v) is 6.16. The van der Waals surface area contributed by atoms with Gasteiger partial charge in [-0.05, 0) is 30.4 Å². The summed E-state index contributed by atoms with van der Waals surface area (Å²) in [6.45, 7) is 4.19. The Morgan fingerprint density at radius 1 is 1.47 bits per heavy atom. The quantitative estimate of drug-likeness (QED) is 0.362. The van der Waals surface area contributed by atoms with Crippen molar-refractivity contribution >= 4 is 29.6 Å². The molecule has 1 rings (SSSR count). The van der Waals surface area contributed by atoms with Crippen LogP contribution >= 0.6 is 12.2 Å². The Morgan fingerprint density at radius 2 is 2.26 bits per heavy atom. The summed E-state index contributed by atoms with van der Waals surface area (Å²) in [6, 6.07) is 7.75. The van der Waals surface area contributed by atoms with Crippen molar-refractivity contribution in [1.29, 1.82) is 0 Å². The molecular formula is C14H17N3OS. The number of methoxy groups -OCH3 is 1. The van der Waals surface area contributed by atoms with E-state index in [0.717, 1.165) is 11.3 Å². The number of nitrogens with zero attached hydrogens (tertiary/aromatic N) is 1. The predicted octanol–water partition coefficient (Wildman–Crippen LogP) is 2.34. The average molecular weight is 275 g/mol. The van der Waals surface area contributed by atoms with Gasteiger partial charge in [0.2, 0.25) is 0 Å². The van der Waals surface area contributed by atoms with Gasteiger partial charge in [-0.2, -0.15) is 5.10 Å². The van der Waals surface area contributed by atoms with Crippen LogP contribution < -0.4 is 15.5 Å². The van der Waals surface area contributed by atoms with Crippen molar-refractivity contribution in [2.24, 2.45) is 5.10 Å². The fraction of sp³-hybridized carbons (Fsp3) is 0.143. The van der Waals surface area contributed by atoms with E-state index in [0.29, 0.717) is 11.7 Å². The molecule has 0 atom stereocenters. The second kappa shape index (κ2) is 8.88. The molecule has 2 N–H and O–H groups in total. The molecule has 100 valence electrons. The van der Waals surface area contributed by atoms with Crippen molar-refractivity contribution in [3.05, 3.63) is 48.6 Å². The zero-order valence-electron chi connectivity index (χ0n) is 10.8. The van der Waals surface area contributed by atoms with Gasteiger partial charge in [0.25, 0.3) is 0 Å². The van der Waals surface area contributed by atoms with Crippen LogP contribution in [0.4, 0.5) is 0 Å². The van der Waals surface area contributed by atoms with Crippen LogP contribution in [0, 0.1) is 0 Å². The van der Waals surface area contributed by atoms with Gasteiger partial charge in [0.1, 0.15) is 5.75 Å². The van der Waals surface area contributed by atoms with Crippen LogP contribution in [-0.4, -0.2) is 25.0 Å². The fourth-order valence-corrected chi connectivity index (χ4v) is 1.43. The van der Waals surface area contributed by atoms with E-state index in [1.165, 1.54) is 0 Å². The molecule has 0 aliphatic carbocycles. The largest absolute Gasteiger partial charge is 0.496 e. The van der Waals surface area contributed by atoms with Crippen LogP contribution in [0.5, 0.6) is 5.75 Å². The van der Waals surface area contributed by atoms with Gasteiger partial charge in [-0.15, -0.1) is 6.58 Å². The van der Waals surface area contributed by atoms with E-state index >= 15 is 0 Å². The lowest BCUT2D eigenvalue weighted by Crippen LogP contribution is -2.31. The minimum Gasteiger partial charge on any atom is -0.496 e. The molecule has 0 bridgehead atoms. The zero-order chi connectivity index (χ0) is 13.9. The highest BCUT2D eigenvalue weighted by Gasteiger charge is 1.95. The Labute approximate surface area is 118 Å². The van der Waals surface area contributed by atoms with Gasteiger partial charge in [-0.3, -0.25) is 5.43 Å². The molecule has 1 aromatic rings. The number of rotatable bonds is 6. The Morgan fingerprint density at radius 3 is 3.00 bits per heavy atom. The normalized spacial score (nSPS) is 10.6. The number of para-hydroxylation sites is 1. The summed E-state index contributed by atoms with van der Waals surface area (Å²) in [5.74, 6) is 0.822. The Hall–Kier alpha value is -2.14. The number of hydrazone groups is 1. The molecule has 19 heavy (non-hydrogen) atoms. The Bertz CT molecular complexity index is 483. The van der Waals surface area contributed by atoms with Crippen molar-refractivity contribution < 1.29 is 4.74 Å². The molecule has 0 radical (unpaired) electrons. The van der Waals surface area contributed by atoms with Crippen molar-refractivity contribution in [2.75, 3.05) is 13.7 Å². The van der Waals surface area contributed by atoms with E-state index in [1.54, 1.807) is 25.5 Å². The number of benzene rings is 1. The van der Waals surface area contributed by atoms with E-state index in [4.69, 9.17) is 17.0 Å². The minimum absolute atomic E-state index is 0.460. The standard InChI is InChI=1S/C14H17N3OS/c1-3-10-15-14(19)17-16-11-6-8-12-7-4-5-9-13(12)18-2/h3-9,11H,1,10H2,2H3,(H2,15,17,19)/b8-6+,16-11-. The SMILES string of the molecule is C=CCNC(=S)N/N=C\C=C\c1ccccc1OC. The molecule has 0 saturated heterocycles. The monoisotopic (exact) mass is 275 g/mol. The summed E-state index contributed by atoms with van der Waals surface area (Å²) in [4.78, 5) is 0. The molecule has 0 aliphatic rings. The molecule has 0 aromatic heterocycles. The van der Waals surface area contributed by atoms with Crippen molar-refractivity contribution in [3.8, 4) is 5.75 Å². The van der Waals surface area contributed by atoms with Crippen LogP contribution in [0.2, 0.25) is 0 Å². The minimum atomic E-state index is 0.460. The summed E-state index contributed by atoms with van der Waals surface area (Å²) in [7, 11) is 1.64. The number of allylic oxidation sites excluding steroid dienone is 1. The maximum Gasteiger partial charge on any atom is 0.187 e. The van der Waals surface area contributed by atoms with Gasteiger partial charge in [0.05, 0.1) is 7.11 Å². The van der Waals surface area contributed by atoms with Crippen LogP contribution in [0.3, 0.4) is 0 Å². The van der Waals surface area contributed by atoms with Crippen molar-refractivity contribution in [3.63, 3.8) is 0 Å². The summed E-state index contributed by atoms with van der Waals surface area (Å²) >= 11 is 4.97. The van der Waals surface area contributed by atoms with Gasteiger partial charge < -0.3 is 10.1 Å². The molecule has 4 nitrogen and oxygen atoms in total. The predicted molar refractivity (Wildman–Crippen MR) is 84.5 cm³/mol. The van der Waals surface area contributed by atoms with Gasteiger partial charge >= 0.3 is 0 Å². The van der Waals surface area contributed by atoms with Crippen LogP contribution in [0.1, 0.15) is 5.56 Å². The van der Waals surface area contributed by atoms with Crippen molar-refractivity contribution in [1.82, 2.24) is 10.7 Å². The molecule has 0 amide bonds. The maximum atomic E-state index is 5.23. The molecular weight excluding hydrogens is 258 g/mol. The number of hydrogen-bond acceptors (Lipinski definition) is 3. The lowest BCUT2D eigenvalue weighted by Gasteiger charge is -2.03. The molecule has 5 heteroatoms. The maximum absolute atomic E-state index is 5.23. The van der Waals surface area contributed by atoms with Gasteiger partial charge in [0, 0.05) is 18.3 Å². The van der Waals surface area contributed by atoms with Crippen LogP contribution in [-0.2, 0) is 0 Å². The number of nitrogens with one attached hydrogen (secondary N) is 2. The first-order chi connectivity index (χ1) is 9.27. The summed E-state index contributed by atoms with van der Waals surface area (Å²) in [6.07, 6.45) is 7.05. The molecule has 0 spiro atoms. The van der Waals surface area contributed by atoms with Crippen LogP contribution in [0.25, 0.3) is 6.08 Å². The zero-order valence-corrected chi connectivity index (χ0v) is 11.6. The summed E-state index contributed by atoms with van der Waals surface area (Å²) in [5.41, 5.74) is 3.68. The molecule has 0 aliphatic heterocycles. The lowest BCUT2D eigenvalue weighted by atomic mass is 10.2. The van der Waals surface area contributed by atoms with E-state index in [9.17, 15) is 0 Å². The molecule has 0 heterocycles. The van der Waals surface area contributed by atoms with Crippen molar-refractivity contribution in [2.45, 2.75) is 0 Å². The average Bonchev–Trinajstić information content (AvgIpc) is 2.45. The third kappa shape index (κ3) is 5.83. The van der Waals surface area contributed by atoms with Gasteiger partial charge in [-0.1, -0.05) is 24.3 Å². The third-order valence-corrected chi connectivity index (χ3v) is 2.38. The summed E-state index contributed by atoms with van der Waals surface area (Å²) in [5, 5.41) is 7.32. The highest BCUT2D eigenvalue weighted by atomic mass is 32.1. The second-order valence-corrected chi connectivity index (χ2v) is 3.90. The fourth-order valence-electron chi connectivity index (χ4n) is 1.29. The number of ether oxygens (including phenoxy) is 1. The summed E-state index contributed by atoms with van der Waals surface area (Å²) < 4.78 is 5.23. The Kier molecular flexibility index (Phi) is 6.97. The highest BCUT2D eigenvalue weighted by Crippen LogP contribution is 2.18. The van der Waals surface area contributed by atoms with E-state index < -0.39 is 0 Å². The topological polar surface area (TPSA) is 45.7 Å². The highest BCUT2D eigenvalue weighted by molar-refractivity contribution is 7.80. The smallest absolute Gasteiger partial charge is 0.187 e. The third-order valence-electron chi connectivity index (χ3n) is 2.15. The van der Waals surface area contributed by atoms with E-state index in [1.807, 2.05) is 30.3 Å². The van der Waals surface area contributed by atoms with E-state index in [-0.39, 0.29) is 0 Å². The molecule has 1 aromatic carbocycles. The first-order valence-electron chi connectivity index (χ1n) is 5.75. The first kappa shape index (κ1) is 14.9. The molecule has 0 unspecified atom stereocenters. The lowest BCUT2D eigenvalue weighted by molar-refractivity contribution is 0.414. The molecule has 0 fully saturated rings. The number of hydrogen-bond donors (Lipinski definition) is 2. The molecule has 0 saturated carbocycles. The van der Waals surface area contributed by atoms with Crippen LogP contribution in [0.15, 0.2) is 48.1 Å². The number of thiocarbonyl (C=S) groups is 1. The van der Waals surface area contributed by atoms with Gasteiger partial charge in [0.15, 0.2) is 5.11 Å². The Balaban J connectivity index is 2.45. The van der Waals surface area contributed by atoms with Gasteiger partial charge in [-0.25, -0.2) is 0 Å². The second-order valence-electron chi connectivity index (χ2n) is 3.49.